The highest BCUT2D eigenvalue weighted by molar-refractivity contribution is 5.66. The number of allylic oxidation sites excluding steroid dienone is 2. The molecule has 0 aliphatic rings. The number of hydrogen-bond donors (Lipinski definition) is 1. The van der Waals surface area contributed by atoms with E-state index in [4.69, 9.17) is 5.11 Å². The summed E-state index contributed by atoms with van der Waals surface area (Å²) in [5.41, 5.74) is 1.50. The third kappa shape index (κ3) is 16.1. The van der Waals surface area contributed by atoms with Crippen molar-refractivity contribution in [3.8, 4) is 0 Å². The van der Waals surface area contributed by atoms with Crippen LogP contribution >= 0.6 is 0 Å². The topological polar surface area (TPSA) is 37.3 Å². The fourth-order valence-electron chi connectivity index (χ4n) is 0.539. The molecule has 0 spiro atoms. The molecule has 12 heavy (non-hydrogen) atoms. The molecule has 0 fully saturated rings. The number of aliphatic carboxylic acids is 1. The van der Waals surface area contributed by atoms with E-state index in [1.54, 1.807) is 6.92 Å². The van der Waals surface area contributed by atoms with Crippen molar-refractivity contribution in [2.75, 3.05) is 0 Å². The number of carboxylic acids is 1. The Morgan fingerprint density at radius 1 is 1.42 bits per heavy atom. The molecule has 0 aromatic rings. The Hall–Kier alpha value is -0.790. The maximum Gasteiger partial charge on any atom is 0.303 e. The van der Waals surface area contributed by atoms with Gasteiger partial charge in [0, 0.05) is 6.42 Å². The summed E-state index contributed by atoms with van der Waals surface area (Å²) in [4.78, 5) is 9.37. The summed E-state index contributed by atoms with van der Waals surface area (Å²) in [6.45, 7) is 8.06. The van der Waals surface area contributed by atoms with Crippen LogP contribution in [-0.4, -0.2) is 11.1 Å². The van der Waals surface area contributed by atoms with Crippen LogP contribution < -0.4 is 0 Å². The quantitative estimate of drug-likeness (QED) is 0.663. The van der Waals surface area contributed by atoms with E-state index in [9.17, 15) is 4.79 Å². The molecule has 0 heterocycles. The van der Waals surface area contributed by atoms with Crippen LogP contribution in [0.1, 0.15) is 47.0 Å². The molecule has 0 radical (unpaired) electrons. The van der Waals surface area contributed by atoms with Crippen LogP contribution in [-0.2, 0) is 4.79 Å². The van der Waals surface area contributed by atoms with Gasteiger partial charge in [-0.25, -0.2) is 0 Å². The van der Waals surface area contributed by atoms with E-state index >= 15 is 0 Å². The fourth-order valence-corrected chi connectivity index (χ4v) is 0.539. The first-order chi connectivity index (χ1) is 5.58. The molecule has 0 saturated heterocycles. The zero-order chi connectivity index (χ0) is 9.98. The molecule has 0 aliphatic heterocycles. The van der Waals surface area contributed by atoms with E-state index in [2.05, 4.69) is 26.8 Å². The van der Waals surface area contributed by atoms with Crippen LogP contribution in [0, 0.1) is 0 Å². The highest BCUT2D eigenvalue weighted by Crippen LogP contribution is 2.00. The number of rotatable bonds is 3. The molecule has 0 amide bonds. The first kappa shape index (κ1) is 13.8. The minimum absolute atomic E-state index is 0.222. The zero-order valence-corrected chi connectivity index (χ0v) is 8.55. The molecule has 0 aromatic carbocycles. The lowest BCUT2D eigenvalue weighted by Crippen LogP contribution is -1.86. The van der Waals surface area contributed by atoms with Crippen molar-refractivity contribution in [3.63, 3.8) is 0 Å². The average molecular weight is 172 g/mol. The Balaban J connectivity index is 0. The maximum absolute atomic E-state index is 9.37. The highest BCUT2D eigenvalue weighted by Gasteiger charge is 1.81. The Morgan fingerprint density at radius 2 is 1.83 bits per heavy atom. The first-order valence-electron chi connectivity index (χ1n) is 4.42. The van der Waals surface area contributed by atoms with Crippen LogP contribution in [0.4, 0.5) is 0 Å². The molecular formula is C10H20O2. The lowest BCUT2D eigenvalue weighted by Gasteiger charge is -1.91. The van der Waals surface area contributed by atoms with Crippen molar-refractivity contribution in [2.45, 2.75) is 47.0 Å². The third-order valence-corrected chi connectivity index (χ3v) is 1.44. The van der Waals surface area contributed by atoms with E-state index in [1.807, 2.05) is 0 Å². The molecule has 0 aliphatic carbocycles. The summed E-state index contributed by atoms with van der Waals surface area (Å²) in [5, 5.41) is 7.72. The van der Waals surface area contributed by atoms with Crippen LogP contribution in [0.3, 0.4) is 0 Å². The van der Waals surface area contributed by atoms with Gasteiger partial charge in [-0.1, -0.05) is 31.9 Å². The molecule has 2 heteroatoms. The van der Waals surface area contributed by atoms with Gasteiger partial charge < -0.3 is 5.11 Å². The highest BCUT2D eigenvalue weighted by atomic mass is 16.4. The van der Waals surface area contributed by atoms with Gasteiger partial charge in [0.15, 0.2) is 0 Å². The zero-order valence-electron chi connectivity index (χ0n) is 8.55. The van der Waals surface area contributed by atoms with E-state index < -0.39 is 5.97 Å². The molecule has 0 saturated carbocycles. The second kappa shape index (κ2) is 10.2. The van der Waals surface area contributed by atoms with Crippen molar-refractivity contribution in [1.82, 2.24) is 0 Å². The minimum Gasteiger partial charge on any atom is -0.481 e. The second-order valence-corrected chi connectivity index (χ2v) is 2.63. The minimum atomic E-state index is -0.745. The van der Waals surface area contributed by atoms with Gasteiger partial charge in [0.05, 0.1) is 0 Å². The number of hydrogen-bond acceptors (Lipinski definition) is 1. The monoisotopic (exact) mass is 172 g/mol. The summed E-state index contributed by atoms with van der Waals surface area (Å²) in [6.07, 6.45) is 4.93. The molecule has 0 rings (SSSR count). The average Bonchev–Trinajstić information content (AvgIpc) is 2.06. The van der Waals surface area contributed by atoms with Crippen molar-refractivity contribution < 1.29 is 9.90 Å². The molecular weight excluding hydrogens is 152 g/mol. The van der Waals surface area contributed by atoms with E-state index in [0.717, 1.165) is 0 Å². The third-order valence-electron chi connectivity index (χ3n) is 1.44. The van der Waals surface area contributed by atoms with Gasteiger partial charge in [-0.3, -0.25) is 4.79 Å². The Morgan fingerprint density at radius 3 is 1.92 bits per heavy atom. The van der Waals surface area contributed by atoms with Crippen LogP contribution in [0.15, 0.2) is 11.6 Å². The summed E-state index contributed by atoms with van der Waals surface area (Å²) < 4.78 is 0. The van der Waals surface area contributed by atoms with Crippen LogP contribution in [0.2, 0.25) is 0 Å². The van der Waals surface area contributed by atoms with E-state index in [0.29, 0.717) is 0 Å². The number of carbonyl (C=O) groups is 1. The van der Waals surface area contributed by atoms with Gasteiger partial charge in [0.2, 0.25) is 0 Å². The molecule has 0 aromatic heterocycles. The normalized spacial score (nSPS) is 10.2. The molecule has 72 valence electrons. The van der Waals surface area contributed by atoms with E-state index in [-0.39, 0.29) is 6.42 Å². The maximum atomic E-state index is 9.37. The van der Waals surface area contributed by atoms with Gasteiger partial charge in [-0.15, -0.1) is 0 Å². The standard InChI is InChI=1S/C7H14.C3H6O2/c1-4-6-7(3)5-2;1-2-3(4)5/h5H,4,6H2,1-3H3;2H2,1H3,(H,4,5). The predicted octanol–water partition coefficient (Wildman–Crippen LogP) is 3.23. The molecule has 1 N–H and O–H groups in total. The first-order valence-corrected chi connectivity index (χ1v) is 4.42. The van der Waals surface area contributed by atoms with Gasteiger partial charge in [-0.05, 0) is 20.3 Å². The molecule has 0 unspecified atom stereocenters. The van der Waals surface area contributed by atoms with Gasteiger partial charge >= 0.3 is 5.97 Å². The van der Waals surface area contributed by atoms with Crippen LogP contribution in [0.5, 0.6) is 0 Å². The Labute approximate surface area is 75.3 Å². The van der Waals surface area contributed by atoms with Gasteiger partial charge in [-0.2, -0.15) is 0 Å². The Bertz CT molecular complexity index is 137. The lowest BCUT2D eigenvalue weighted by molar-refractivity contribution is -0.136. The lowest BCUT2D eigenvalue weighted by atomic mass is 10.2. The molecule has 0 atom stereocenters. The Kier molecular flexibility index (Phi) is 11.7. The SMILES string of the molecule is CC=C(C)CCC.CCC(=O)O. The van der Waals surface area contributed by atoms with E-state index in [1.165, 1.54) is 18.4 Å². The predicted molar refractivity (Wildman–Crippen MR) is 52.3 cm³/mol. The van der Waals surface area contributed by atoms with Crippen LogP contribution in [0.25, 0.3) is 0 Å². The van der Waals surface area contributed by atoms with Gasteiger partial charge in [0.1, 0.15) is 0 Å². The molecule has 0 bridgehead atoms. The largest absolute Gasteiger partial charge is 0.481 e. The van der Waals surface area contributed by atoms with Crippen molar-refractivity contribution in [1.29, 1.82) is 0 Å². The van der Waals surface area contributed by atoms with Crippen molar-refractivity contribution >= 4 is 5.97 Å². The summed E-state index contributed by atoms with van der Waals surface area (Å²) in [5.74, 6) is -0.745. The second-order valence-electron chi connectivity index (χ2n) is 2.63. The fraction of sp³-hybridized carbons (Fsp3) is 0.700. The van der Waals surface area contributed by atoms with Crippen molar-refractivity contribution in [3.05, 3.63) is 11.6 Å². The van der Waals surface area contributed by atoms with Crippen molar-refractivity contribution in [2.24, 2.45) is 0 Å². The number of carboxylic acid groups (broad SMARTS) is 1. The van der Waals surface area contributed by atoms with Gasteiger partial charge in [0.25, 0.3) is 0 Å². The summed E-state index contributed by atoms with van der Waals surface area (Å²) in [6, 6.07) is 0. The molecule has 2 nitrogen and oxygen atoms in total. The summed E-state index contributed by atoms with van der Waals surface area (Å²) >= 11 is 0. The smallest absolute Gasteiger partial charge is 0.303 e. The summed E-state index contributed by atoms with van der Waals surface area (Å²) in [7, 11) is 0.